The molecule has 0 bridgehead atoms. The van der Waals surface area contributed by atoms with E-state index in [1.54, 1.807) is 11.3 Å². The van der Waals surface area contributed by atoms with E-state index in [0.29, 0.717) is 5.92 Å². The molecule has 4 heteroatoms. The Labute approximate surface area is 130 Å². The molecule has 0 radical (unpaired) electrons. The Balaban J connectivity index is 2.20. The van der Waals surface area contributed by atoms with Crippen LogP contribution in [0.4, 0.5) is 4.39 Å². The lowest BCUT2D eigenvalue weighted by molar-refractivity contribution is 0.375. The Morgan fingerprint density at radius 1 is 1.10 bits per heavy atom. The van der Waals surface area contributed by atoms with Crippen molar-refractivity contribution in [3.05, 3.63) is 51.2 Å². The zero-order valence-electron chi connectivity index (χ0n) is 13.3. The summed E-state index contributed by atoms with van der Waals surface area (Å²) in [7, 11) is 0. The number of thiazole rings is 1. The third kappa shape index (κ3) is 3.89. The van der Waals surface area contributed by atoms with Gasteiger partial charge in [0.1, 0.15) is 5.82 Å². The first kappa shape index (κ1) is 16.1. The zero-order chi connectivity index (χ0) is 15.6. The van der Waals surface area contributed by atoms with Crippen molar-refractivity contribution in [2.75, 3.05) is 0 Å². The Morgan fingerprint density at radius 3 is 2.19 bits per heavy atom. The van der Waals surface area contributed by atoms with Gasteiger partial charge in [-0.2, -0.15) is 0 Å². The summed E-state index contributed by atoms with van der Waals surface area (Å²) in [5.74, 6) is 0.232. The average Bonchev–Trinajstić information content (AvgIpc) is 2.76. The molecule has 0 amide bonds. The number of aryl methyl sites for hydroxylation is 2. The molecule has 1 aromatic carbocycles. The topological polar surface area (TPSA) is 24.9 Å². The van der Waals surface area contributed by atoms with Gasteiger partial charge in [-0.15, -0.1) is 11.3 Å². The molecule has 2 aromatic rings. The van der Waals surface area contributed by atoms with Gasteiger partial charge in [0.15, 0.2) is 0 Å². The Kier molecular flexibility index (Phi) is 5.12. The predicted molar refractivity (Wildman–Crippen MR) is 87.1 cm³/mol. The maximum atomic E-state index is 13.1. The molecular formula is C17H23FN2S. The van der Waals surface area contributed by atoms with E-state index in [9.17, 15) is 4.39 Å². The minimum absolute atomic E-state index is 0.191. The second-order valence-electron chi connectivity index (χ2n) is 5.84. The molecule has 0 aliphatic rings. The van der Waals surface area contributed by atoms with Crippen molar-refractivity contribution in [3.63, 3.8) is 0 Å². The van der Waals surface area contributed by atoms with Crippen LogP contribution in [-0.4, -0.2) is 4.98 Å². The fraction of sp³-hybridized carbons (Fsp3) is 0.471. The van der Waals surface area contributed by atoms with Crippen molar-refractivity contribution >= 4 is 11.3 Å². The van der Waals surface area contributed by atoms with Crippen LogP contribution in [0.25, 0.3) is 0 Å². The lowest BCUT2D eigenvalue weighted by Crippen LogP contribution is -2.28. The van der Waals surface area contributed by atoms with E-state index in [0.717, 1.165) is 16.3 Å². The highest BCUT2D eigenvalue weighted by Crippen LogP contribution is 2.29. The summed E-state index contributed by atoms with van der Waals surface area (Å²) in [6.45, 7) is 10.6. The van der Waals surface area contributed by atoms with Crippen molar-refractivity contribution in [1.29, 1.82) is 0 Å². The van der Waals surface area contributed by atoms with E-state index in [1.165, 1.54) is 17.0 Å². The normalized spacial score (nSPS) is 14.4. The highest BCUT2D eigenvalue weighted by Gasteiger charge is 2.21. The molecule has 114 valence electrons. The highest BCUT2D eigenvalue weighted by molar-refractivity contribution is 7.11. The van der Waals surface area contributed by atoms with Gasteiger partial charge >= 0.3 is 0 Å². The van der Waals surface area contributed by atoms with Gasteiger partial charge in [-0.3, -0.25) is 0 Å². The molecule has 0 fully saturated rings. The van der Waals surface area contributed by atoms with Crippen molar-refractivity contribution in [2.45, 2.75) is 46.7 Å². The Morgan fingerprint density at radius 2 is 1.71 bits per heavy atom. The van der Waals surface area contributed by atoms with E-state index in [1.807, 2.05) is 19.1 Å². The molecule has 2 unspecified atom stereocenters. The van der Waals surface area contributed by atoms with Gasteiger partial charge in [-0.05, 0) is 44.4 Å². The van der Waals surface area contributed by atoms with Crippen LogP contribution in [0.5, 0.6) is 0 Å². The number of nitrogens with one attached hydrogen (secondary N) is 1. The number of aromatic nitrogens is 1. The van der Waals surface area contributed by atoms with E-state index < -0.39 is 0 Å². The number of halogens is 1. The van der Waals surface area contributed by atoms with Gasteiger partial charge in [0.05, 0.1) is 10.7 Å². The van der Waals surface area contributed by atoms with E-state index in [4.69, 9.17) is 0 Å². The number of nitrogens with zero attached hydrogens (tertiary/aromatic N) is 1. The third-order valence-electron chi connectivity index (χ3n) is 3.66. The molecular weight excluding hydrogens is 283 g/mol. The monoisotopic (exact) mass is 306 g/mol. The van der Waals surface area contributed by atoms with Gasteiger partial charge in [0.25, 0.3) is 0 Å². The second kappa shape index (κ2) is 6.67. The van der Waals surface area contributed by atoms with Crippen molar-refractivity contribution in [3.8, 4) is 0 Å². The average molecular weight is 306 g/mol. The van der Waals surface area contributed by atoms with Crippen LogP contribution >= 0.6 is 11.3 Å². The molecule has 0 saturated carbocycles. The van der Waals surface area contributed by atoms with Gasteiger partial charge < -0.3 is 5.32 Å². The number of benzene rings is 1. The zero-order valence-corrected chi connectivity index (χ0v) is 14.1. The van der Waals surface area contributed by atoms with E-state index in [2.05, 4.69) is 38.0 Å². The molecule has 2 nitrogen and oxygen atoms in total. The molecule has 2 rings (SSSR count). The summed E-state index contributed by atoms with van der Waals surface area (Å²) < 4.78 is 13.1. The molecule has 1 aromatic heterocycles. The Bertz CT molecular complexity index is 589. The summed E-state index contributed by atoms with van der Waals surface area (Å²) in [5, 5.41) is 4.77. The smallest absolute Gasteiger partial charge is 0.123 e. The second-order valence-corrected chi connectivity index (χ2v) is 7.08. The molecule has 2 atom stereocenters. The summed E-state index contributed by atoms with van der Waals surface area (Å²) in [4.78, 5) is 5.78. The van der Waals surface area contributed by atoms with Crippen molar-refractivity contribution < 1.29 is 4.39 Å². The maximum absolute atomic E-state index is 13.1. The lowest BCUT2D eigenvalue weighted by Gasteiger charge is -2.27. The molecule has 0 spiro atoms. The quantitative estimate of drug-likeness (QED) is 0.845. The molecule has 1 N–H and O–H groups in total. The maximum Gasteiger partial charge on any atom is 0.123 e. The highest BCUT2D eigenvalue weighted by atomic mass is 32.1. The van der Waals surface area contributed by atoms with Gasteiger partial charge in [-0.1, -0.05) is 26.0 Å². The summed E-state index contributed by atoms with van der Waals surface area (Å²) in [5.41, 5.74) is 2.22. The SMILES string of the molecule is Cc1nc(C)c(C(C)NC(c2ccc(F)cc2)C(C)C)s1. The lowest BCUT2D eigenvalue weighted by atomic mass is 9.95. The van der Waals surface area contributed by atoms with Gasteiger partial charge in [0, 0.05) is 17.0 Å². The predicted octanol–water partition coefficient (Wildman–Crippen LogP) is 4.95. The van der Waals surface area contributed by atoms with Crippen LogP contribution in [-0.2, 0) is 0 Å². The number of rotatable bonds is 5. The van der Waals surface area contributed by atoms with Crippen LogP contribution in [0.3, 0.4) is 0 Å². The van der Waals surface area contributed by atoms with Crippen LogP contribution < -0.4 is 5.32 Å². The van der Waals surface area contributed by atoms with Gasteiger partial charge in [0.2, 0.25) is 0 Å². The number of hydrogen-bond donors (Lipinski definition) is 1. The van der Waals surface area contributed by atoms with Crippen LogP contribution in [0.2, 0.25) is 0 Å². The summed E-state index contributed by atoms with van der Waals surface area (Å²) >= 11 is 1.74. The molecule has 0 aliphatic carbocycles. The first-order valence-electron chi connectivity index (χ1n) is 7.34. The first-order chi connectivity index (χ1) is 9.88. The molecule has 21 heavy (non-hydrogen) atoms. The van der Waals surface area contributed by atoms with Crippen molar-refractivity contribution in [1.82, 2.24) is 10.3 Å². The van der Waals surface area contributed by atoms with E-state index >= 15 is 0 Å². The fourth-order valence-corrected chi connectivity index (χ4v) is 3.58. The largest absolute Gasteiger partial charge is 0.302 e. The fourth-order valence-electron chi connectivity index (χ4n) is 2.64. The number of hydrogen-bond acceptors (Lipinski definition) is 3. The molecule has 0 aliphatic heterocycles. The molecule has 0 saturated heterocycles. The third-order valence-corrected chi connectivity index (χ3v) is 4.91. The minimum atomic E-state index is -0.191. The Hall–Kier alpha value is -1.26. The van der Waals surface area contributed by atoms with Crippen molar-refractivity contribution in [2.24, 2.45) is 5.92 Å². The van der Waals surface area contributed by atoms with Crippen LogP contribution in [0, 0.1) is 25.6 Å². The van der Waals surface area contributed by atoms with E-state index in [-0.39, 0.29) is 17.9 Å². The minimum Gasteiger partial charge on any atom is -0.302 e. The summed E-state index contributed by atoms with van der Waals surface area (Å²) in [6, 6.07) is 7.21. The van der Waals surface area contributed by atoms with Gasteiger partial charge in [-0.25, -0.2) is 9.37 Å². The molecule has 1 heterocycles. The van der Waals surface area contributed by atoms with Crippen LogP contribution in [0.1, 0.15) is 54.0 Å². The summed E-state index contributed by atoms with van der Waals surface area (Å²) in [6.07, 6.45) is 0. The van der Waals surface area contributed by atoms with Crippen LogP contribution in [0.15, 0.2) is 24.3 Å². The first-order valence-corrected chi connectivity index (χ1v) is 8.15. The standard InChI is InChI=1S/C17H23FN2S/c1-10(2)16(14-6-8-15(18)9-7-14)20-12(4)17-11(3)19-13(5)21-17/h6-10,12,16,20H,1-5H3.